The Morgan fingerprint density at radius 2 is 1.82 bits per heavy atom. The Kier molecular flexibility index (Phi) is 9.02. The van der Waals surface area contributed by atoms with Crippen molar-refractivity contribution >= 4 is 14.5 Å². The first-order valence-electron chi connectivity index (χ1n) is 6.15. The van der Waals surface area contributed by atoms with Gasteiger partial charge >= 0.3 is 14.5 Å². The summed E-state index contributed by atoms with van der Waals surface area (Å²) in [7, 11) is -2.00. The Hall–Kier alpha value is -0.653. The summed E-state index contributed by atoms with van der Waals surface area (Å²) in [5.74, 6) is -0.361. The molecule has 0 aromatic rings. The molecule has 0 unspecified atom stereocenters. The van der Waals surface area contributed by atoms with E-state index in [0.717, 1.165) is 18.9 Å². The normalized spacial score (nSPS) is 11.2. The highest BCUT2D eigenvalue weighted by Gasteiger charge is 2.29. The van der Waals surface area contributed by atoms with E-state index in [1.807, 2.05) is 13.8 Å². The molecule has 0 saturated heterocycles. The Balaban J connectivity index is 3.74. The number of carbonyl (C=O) groups excluding carboxylic acids is 1. The molecular formula is C12H24O4Si. The zero-order chi connectivity index (χ0) is 13.1. The maximum Gasteiger partial charge on any atom is 0.334 e. The van der Waals surface area contributed by atoms with Gasteiger partial charge < -0.3 is 13.6 Å². The smallest absolute Gasteiger partial charge is 0.334 e. The van der Waals surface area contributed by atoms with Crippen molar-refractivity contribution in [3.63, 3.8) is 0 Å². The highest BCUT2D eigenvalue weighted by atomic mass is 28.4. The summed E-state index contributed by atoms with van der Waals surface area (Å²) in [6.07, 6.45) is 2.97. The largest absolute Gasteiger partial charge is 0.463 e. The van der Waals surface area contributed by atoms with Crippen LogP contribution in [0.4, 0.5) is 0 Å². The van der Waals surface area contributed by atoms with Crippen LogP contribution in [0.2, 0.25) is 12.6 Å². The van der Waals surface area contributed by atoms with Crippen LogP contribution in [0.3, 0.4) is 0 Å². The monoisotopic (exact) mass is 260 g/mol. The van der Waals surface area contributed by atoms with Crippen LogP contribution in [0.5, 0.6) is 0 Å². The SMILES string of the molecule is C=CC(=O)OCCCC[Si](C)(OCC)OCC. The lowest BCUT2D eigenvalue weighted by atomic mass is 10.4. The molecule has 0 aliphatic heterocycles. The molecule has 0 aliphatic rings. The molecular weight excluding hydrogens is 236 g/mol. The van der Waals surface area contributed by atoms with Crippen LogP contribution < -0.4 is 0 Å². The summed E-state index contributed by atoms with van der Waals surface area (Å²) in [5.41, 5.74) is 0. The first kappa shape index (κ1) is 16.3. The van der Waals surface area contributed by atoms with Crippen LogP contribution in [-0.2, 0) is 18.4 Å². The summed E-state index contributed by atoms with van der Waals surface area (Å²) >= 11 is 0. The molecule has 4 nitrogen and oxygen atoms in total. The van der Waals surface area contributed by atoms with Gasteiger partial charge in [0.25, 0.3) is 0 Å². The van der Waals surface area contributed by atoms with E-state index in [1.165, 1.54) is 6.08 Å². The minimum absolute atomic E-state index is 0.361. The summed E-state index contributed by atoms with van der Waals surface area (Å²) in [6.45, 7) is 11.2. The molecule has 0 spiro atoms. The van der Waals surface area contributed by atoms with Crippen LogP contribution in [0.15, 0.2) is 12.7 Å². The van der Waals surface area contributed by atoms with Crippen molar-refractivity contribution in [1.82, 2.24) is 0 Å². The fourth-order valence-corrected chi connectivity index (χ4v) is 4.06. The van der Waals surface area contributed by atoms with Gasteiger partial charge in [-0.1, -0.05) is 6.58 Å². The lowest BCUT2D eigenvalue weighted by molar-refractivity contribution is -0.137. The molecule has 0 rings (SSSR count). The Morgan fingerprint density at radius 3 is 2.29 bits per heavy atom. The Morgan fingerprint density at radius 1 is 1.24 bits per heavy atom. The number of ether oxygens (including phenoxy) is 1. The predicted octanol–water partition coefficient (Wildman–Crippen LogP) is 2.64. The van der Waals surface area contributed by atoms with Gasteiger partial charge in [-0.3, -0.25) is 0 Å². The number of carbonyl (C=O) groups is 1. The highest BCUT2D eigenvalue weighted by Crippen LogP contribution is 2.17. The van der Waals surface area contributed by atoms with E-state index in [4.69, 9.17) is 13.6 Å². The van der Waals surface area contributed by atoms with Crippen molar-refractivity contribution in [2.45, 2.75) is 39.3 Å². The maximum absolute atomic E-state index is 10.8. The van der Waals surface area contributed by atoms with Gasteiger partial charge in [0.2, 0.25) is 0 Å². The second-order valence-corrected chi connectivity index (χ2v) is 7.17. The number of rotatable bonds is 10. The van der Waals surface area contributed by atoms with E-state index < -0.39 is 8.56 Å². The Bertz CT molecular complexity index is 225. The number of esters is 1. The van der Waals surface area contributed by atoms with Crippen molar-refractivity contribution in [2.24, 2.45) is 0 Å². The van der Waals surface area contributed by atoms with Gasteiger partial charge in [0.15, 0.2) is 0 Å². The third kappa shape index (κ3) is 8.12. The molecule has 0 fully saturated rings. The van der Waals surface area contributed by atoms with Gasteiger partial charge in [-0.15, -0.1) is 0 Å². The number of hydrogen-bond donors (Lipinski definition) is 0. The summed E-state index contributed by atoms with van der Waals surface area (Å²) < 4.78 is 16.3. The maximum atomic E-state index is 10.8. The zero-order valence-corrected chi connectivity index (χ0v) is 12.2. The molecule has 0 amide bonds. The molecule has 0 aliphatic carbocycles. The van der Waals surface area contributed by atoms with Gasteiger partial charge in [0.05, 0.1) is 6.61 Å². The molecule has 0 N–H and O–H groups in total. The van der Waals surface area contributed by atoms with Crippen molar-refractivity contribution in [3.8, 4) is 0 Å². The first-order valence-corrected chi connectivity index (χ1v) is 8.67. The van der Waals surface area contributed by atoms with Crippen LogP contribution >= 0.6 is 0 Å². The van der Waals surface area contributed by atoms with Crippen molar-refractivity contribution in [2.75, 3.05) is 19.8 Å². The average molecular weight is 260 g/mol. The molecule has 0 radical (unpaired) electrons. The molecule has 0 heterocycles. The molecule has 17 heavy (non-hydrogen) atoms. The highest BCUT2D eigenvalue weighted by molar-refractivity contribution is 6.66. The standard InChI is InChI=1S/C12H24O4Si/c1-5-12(13)14-10-8-9-11-17(4,15-6-2)16-7-3/h5H,1,6-11H2,2-4H3. The second-order valence-electron chi connectivity index (χ2n) is 3.83. The van der Waals surface area contributed by atoms with Gasteiger partial charge in [-0.25, -0.2) is 4.79 Å². The molecule has 0 bridgehead atoms. The van der Waals surface area contributed by atoms with Crippen LogP contribution in [-0.4, -0.2) is 34.4 Å². The summed E-state index contributed by atoms with van der Waals surface area (Å²) in [4.78, 5) is 10.8. The topological polar surface area (TPSA) is 44.8 Å². The van der Waals surface area contributed by atoms with Gasteiger partial charge in [0.1, 0.15) is 0 Å². The first-order chi connectivity index (χ1) is 8.08. The summed E-state index contributed by atoms with van der Waals surface area (Å²) in [6, 6.07) is 0.931. The van der Waals surface area contributed by atoms with E-state index >= 15 is 0 Å². The third-order valence-corrected chi connectivity index (χ3v) is 5.40. The van der Waals surface area contributed by atoms with E-state index in [1.54, 1.807) is 0 Å². The number of unbranched alkanes of at least 4 members (excludes halogenated alkanes) is 1. The minimum Gasteiger partial charge on any atom is -0.463 e. The van der Waals surface area contributed by atoms with Gasteiger partial charge in [0, 0.05) is 19.3 Å². The predicted molar refractivity (Wildman–Crippen MR) is 70.1 cm³/mol. The van der Waals surface area contributed by atoms with E-state index in [-0.39, 0.29) is 5.97 Å². The lowest BCUT2D eigenvalue weighted by Gasteiger charge is -2.25. The van der Waals surface area contributed by atoms with E-state index in [9.17, 15) is 4.79 Å². The van der Waals surface area contributed by atoms with Crippen molar-refractivity contribution < 1.29 is 18.4 Å². The quantitative estimate of drug-likeness (QED) is 0.262. The number of hydrogen-bond acceptors (Lipinski definition) is 4. The zero-order valence-electron chi connectivity index (χ0n) is 11.2. The Labute approximate surface area is 105 Å². The van der Waals surface area contributed by atoms with E-state index in [0.29, 0.717) is 19.8 Å². The molecule has 0 aromatic carbocycles. The lowest BCUT2D eigenvalue weighted by Crippen LogP contribution is -2.38. The molecule has 5 heteroatoms. The minimum atomic E-state index is -2.00. The summed E-state index contributed by atoms with van der Waals surface area (Å²) in [5, 5.41) is 0. The van der Waals surface area contributed by atoms with Crippen LogP contribution in [0, 0.1) is 0 Å². The molecule has 0 aromatic heterocycles. The van der Waals surface area contributed by atoms with Crippen LogP contribution in [0.1, 0.15) is 26.7 Å². The van der Waals surface area contributed by atoms with Crippen molar-refractivity contribution in [3.05, 3.63) is 12.7 Å². The van der Waals surface area contributed by atoms with Crippen molar-refractivity contribution in [1.29, 1.82) is 0 Å². The second kappa shape index (κ2) is 9.38. The van der Waals surface area contributed by atoms with Gasteiger partial charge in [-0.2, -0.15) is 0 Å². The fourth-order valence-electron chi connectivity index (χ4n) is 1.58. The van der Waals surface area contributed by atoms with Gasteiger partial charge in [-0.05, 0) is 39.3 Å². The molecule has 100 valence electrons. The van der Waals surface area contributed by atoms with E-state index in [2.05, 4.69) is 13.1 Å². The van der Waals surface area contributed by atoms with Crippen LogP contribution in [0.25, 0.3) is 0 Å². The molecule has 0 saturated carbocycles. The third-order valence-electron chi connectivity index (χ3n) is 2.34. The average Bonchev–Trinajstić information content (AvgIpc) is 2.29. The molecule has 0 atom stereocenters. The fraction of sp³-hybridized carbons (Fsp3) is 0.750.